The summed E-state index contributed by atoms with van der Waals surface area (Å²) < 4.78 is 1.06. The average molecular weight is 538 g/mol. The van der Waals surface area contributed by atoms with Gasteiger partial charge >= 0.3 is 0 Å². The Balaban J connectivity index is 1.76. The molecule has 3 N–H and O–H groups in total. The average Bonchev–Trinajstić information content (AvgIpc) is 3.32. The first-order valence-corrected chi connectivity index (χ1v) is 14.5. The fraction of sp³-hybridized carbons (Fsp3) is 0.552. The van der Waals surface area contributed by atoms with Gasteiger partial charge in [0, 0.05) is 25.4 Å². The number of aromatic nitrogens is 1. The van der Waals surface area contributed by atoms with Crippen LogP contribution >= 0.6 is 11.3 Å². The molecule has 2 aromatic rings. The van der Waals surface area contributed by atoms with Crippen LogP contribution in [0.25, 0.3) is 10.2 Å². The predicted molar refractivity (Wildman–Crippen MR) is 150 cm³/mol. The van der Waals surface area contributed by atoms with Crippen LogP contribution in [-0.4, -0.2) is 41.3 Å². The molecule has 1 aliphatic carbocycles. The van der Waals surface area contributed by atoms with E-state index in [1.165, 1.54) is 12.0 Å². The van der Waals surface area contributed by atoms with Gasteiger partial charge < -0.3 is 16.0 Å². The Morgan fingerprint density at radius 3 is 2.63 bits per heavy atom. The summed E-state index contributed by atoms with van der Waals surface area (Å²) in [5.41, 5.74) is 1.95. The molecule has 8 nitrogen and oxygen atoms in total. The number of aryl methyl sites for hydroxylation is 1. The van der Waals surface area contributed by atoms with E-state index >= 15 is 0 Å². The van der Waals surface area contributed by atoms with Crippen molar-refractivity contribution in [2.75, 3.05) is 6.54 Å². The maximum Gasteiger partial charge on any atom is 0.261 e. The Morgan fingerprint density at radius 1 is 1.18 bits per heavy atom. The van der Waals surface area contributed by atoms with Crippen molar-refractivity contribution in [3.05, 3.63) is 40.9 Å². The lowest BCUT2D eigenvalue weighted by atomic mass is 9.84. The van der Waals surface area contributed by atoms with Crippen LogP contribution in [0, 0.1) is 17.2 Å². The van der Waals surface area contributed by atoms with Crippen LogP contribution in [0.3, 0.4) is 0 Å². The zero-order valence-electron chi connectivity index (χ0n) is 22.5. The van der Waals surface area contributed by atoms with E-state index in [2.05, 4.69) is 41.6 Å². The number of rotatable bonds is 13. The van der Waals surface area contributed by atoms with Gasteiger partial charge in [0.25, 0.3) is 5.91 Å². The first kappa shape index (κ1) is 29.3. The number of nitriles is 1. The van der Waals surface area contributed by atoms with Gasteiger partial charge in [-0.15, -0.1) is 11.3 Å². The van der Waals surface area contributed by atoms with Gasteiger partial charge in [-0.3, -0.25) is 14.4 Å². The Labute approximate surface area is 229 Å². The largest absolute Gasteiger partial charge is 0.350 e. The van der Waals surface area contributed by atoms with Crippen molar-refractivity contribution in [1.82, 2.24) is 20.9 Å². The quantitative estimate of drug-likeness (QED) is 0.259. The summed E-state index contributed by atoms with van der Waals surface area (Å²) in [7, 11) is 0. The minimum absolute atomic E-state index is 0.167. The van der Waals surface area contributed by atoms with Crippen molar-refractivity contribution >= 4 is 39.3 Å². The summed E-state index contributed by atoms with van der Waals surface area (Å²) in [6.45, 7) is 7.69. The van der Waals surface area contributed by atoms with E-state index in [4.69, 9.17) is 10.2 Å². The fourth-order valence-corrected chi connectivity index (χ4v) is 5.97. The van der Waals surface area contributed by atoms with Gasteiger partial charge in [0.2, 0.25) is 11.8 Å². The smallest absolute Gasteiger partial charge is 0.261 e. The normalized spacial score (nSPS) is 15.3. The number of hydrogen-bond acceptors (Lipinski definition) is 6. The van der Waals surface area contributed by atoms with Crippen LogP contribution in [0.2, 0.25) is 0 Å². The highest BCUT2D eigenvalue weighted by molar-refractivity contribution is 7.18. The molecule has 0 spiro atoms. The Hall–Kier alpha value is -3.25. The highest BCUT2D eigenvalue weighted by atomic mass is 32.1. The Bertz CT molecular complexity index is 1180. The number of benzene rings is 1. The number of nitrogens with one attached hydrogen (secondary N) is 3. The van der Waals surface area contributed by atoms with E-state index in [-0.39, 0.29) is 36.4 Å². The van der Waals surface area contributed by atoms with E-state index in [1.54, 1.807) is 17.4 Å². The molecule has 1 aromatic heterocycles. The molecule has 1 aromatic carbocycles. The second-order valence-electron chi connectivity index (χ2n) is 10.1. The molecule has 1 heterocycles. The van der Waals surface area contributed by atoms with Gasteiger partial charge in [0.1, 0.15) is 17.7 Å². The molecule has 1 aliphatic rings. The lowest BCUT2D eigenvalue weighted by Gasteiger charge is -2.29. The van der Waals surface area contributed by atoms with Crippen molar-refractivity contribution in [2.45, 2.75) is 90.1 Å². The monoisotopic (exact) mass is 537 g/mol. The van der Waals surface area contributed by atoms with Gasteiger partial charge in [-0.2, -0.15) is 5.26 Å². The predicted octanol–water partition coefficient (Wildman–Crippen LogP) is 4.34. The molecule has 0 radical (unpaired) electrons. The van der Waals surface area contributed by atoms with Crippen molar-refractivity contribution < 1.29 is 14.4 Å². The lowest BCUT2D eigenvalue weighted by molar-refractivity contribution is -0.129. The lowest BCUT2D eigenvalue weighted by Crippen LogP contribution is -2.53. The Kier molecular flexibility index (Phi) is 11.3. The number of hydrogen-bond donors (Lipinski definition) is 3. The molecule has 38 heavy (non-hydrogen) atoms. The molecule has 0 aliphatic heterocycles. The van der Waals surface area contributed by atoms with Crippen molar-refractivity contribution in [3.63, 3.8) is 0 Å². The second kappa shape index (κ2) is 14.6. The van der Waals surface area contributed by atoms with Crippen LogP contribution in [0.1, 0.15) is 75.8 Å². The maximum atomic E-state index is 13.6. The number of fused-ring (bicyclic) bond motifs is 1. The van der Waals surface area contributed by atoms with Crippen LogP contribution in [0.15, 0.2) is 30.4 Å². The molecule has 2 atom stereocenters. The Morgan fingerprint density at radius 2 is 1.95 bits per heavy atom. The molecule has 9 heteroatoms. The SMILES string of the molecule is C=C(C#N)C(=O)NC[C@H](CC1CCCCC1)NC(=O)[C@H](Cc1nc2ccc(CC)cc2s1)NC(=O)CCC. The molecular formula is C29H39N5O3S. The van der Waals surface area contributed by atoms with Gasteiger partial charge in [0.15, 0.2) is 0 Å². The summed E-state index contributed by atoms with van der Waals surface area (Å²) in [6.07, 6.45) is 8.69. The third-order valence-electron chi connectivity index (χ3n) is 7.02. The number of amides is 3. The molecule has 204 valence electrons. The zero-order valence-corrected chi connectivity index (χ0v) is 23.3. The summed E-state index contributed by atoms with van der Waals surface area (Å²) in [6, 6.07) is 6.84. The second-order valence-corrected chi connectivity index (χ2v) is 11.2. The number of nitrogens with zero attached hydrogens (tertiary/aromatic N) is 2. The molecule has 3 amide bonds. The van der Waals surface area contributed by atoms with Crippen molar-refractivity contribution in [1.29, 1.82) is 5.26 Å². The van der Waals surface area contributed by atoms with Crippen LogP contribution < -0.4 is 16.0 Å². The van der Waals surface area contributed by atoms with E-state index in [0.717, 1.165) is 53.7 Å². The van der Waals surface area contributed by atoms with Gasteiger partial charge in [-0.25, -0.2) is 4.98 Å². The highest BCUT2D eigenvalue weighted by Crippen LogP contribution is 2.28. The van der Waals surface area contributed by atoms with Crippen molar-refractivity contribution in [2.24, 2.45) is 5.92 Å². The standard InChI is InChI=1S/C29H39N5O3S/c1-4-9-26(35)33-24(16-27-34-23-13-12-20(5-2)15-25(23)38-27)29(37)32-22(14-21-10-7-6-8-11-21)18-31-28(36)19(3)17-30/h12-13,15,21-22,24H,3-11,14,16,18H2,1-2H3,(H,31,36)(H,32,37)(H,33,35)/t22-,24-/m0/s1. The van der Waals surface area contributed by atoms with E-state index in [1.807, 2.05) is 13.0 Å². The highest BCUT2D eigenvalue weighted by Gasteiger charge is 2.27. The molecule has 1 saturated carbocycles. The number of carbonyl (C=O) groups is 3. The number of thiazole rings is 1. The zero-order chi connectivity index (χ0) is 27.5. The van der Waals surface area contributed by atoms with E-state index in [0.29, 0.717) is 18.8 Å². The molecule has 0 unspecified atom stereocenters. The topological polar surface area (TPSA) is 124 Å². The van der Waals surface area contributed by atoms with Gasteiger partial charge in [-0.1, -0.05) is 58.6 Å². The van der Waals surface area contributed by atoms with Crippen molar-refractivity contribution in [3.8, 4) is 6.07 Å². The third kappa shape index (κ3) is 8.66. The third-order valence-corrected chi connectivity index (χ3v) is 8.06. The molecule has 0 saturated heterocycles. The van der Waals surface area contributed by atoms with Crippen LogP contribution in [0.4, 0.5) is 0 Å². The van der Waals surface area contributed by atoms with Crippen LogP contribution in [0.5, 0.6) is 0 Å². The first-order valence-electron chi connectivity index (χ1n) is 13.7. The summed E-state index contributed by atoms with van der Waals surface area (Å²) in [5, 5.41) is 18.5. The molecule has 3 rings (SSSR count). The summed E-state index contributed by atoms with van der Waals surface area (Å²) in [4.78, 5) is 43.0. The minimum Gasteiger partial charge on any atom is -0.350 e. The van der Waals surface area contributed by atoms with Crippen LogP contribution in [-0.2, 0) is 27.2 Å². The summed E-state index contributed by atoms with van der Waals surface area (Å²) >= 11 is 1.54. The fourth-order valence-electron chi connectivity index (χ4n) is 4.90. The first-order chi connectivity index (χ1) is 18.3. The van der Waals surface area contributed by atoms with Gasteiger partial charge in [0.05, 0.1) is 15.2 Å². The summed E-state index contributed by atoms with van der Waals surface area (Å²) in [5.74, 6) is -0.555. The number of carbonyl (C=O) groups excluding carboxylic acids is 3. The molecule has 1 fully saturated rings. The van der Waals surface area contributed by atoms with E-state index in [9.17, 15) is 14.4 Å². The maximum absolute atomic E-state index is 13.6. The molecular weight excluding hydrogens is 498 g/mol. The molecule has 0 bridgehead atoms. The van der Waals surface area contributed by atoms with Gasteiger partial charge in [-0.05, 0) is 42.9 Å². The minimum atomic E-state index is -0.779. The van der Waals surface area contributed by atoms with E-state index < -0.39 is 11.9 Å².